The highest BCUT2D eigenvalue weighted by Gasteiger charge is 2.09. The number of benzene rings is 3. The summed E-state index contributed by atoms with van der Waals surface area (Å²) in [4.78, 5) is 0. The molecule has 0 heterocycles. The van der Waals surface area contributed by atoms with Gasteiger partial charge in [0.15, 0.2) is 11.5 Å². The van der Waals surface area contributed by atoms with E-state index in [0.717, 1.165) is 16.7 Å². The first-order valence-corrected chi connectivity index (χ1v) is 8.53. The number of hydrogen-bond donors (Lipinski definition) is 1. The van der Waals surface area contributed by atoms with Gasteiger partial charge < -0.3 is 15.2 Å². The van der Waals surface area contributed by atoms with Crippen LogP contribution >= 0.6 is 11.6 Å². The zero-order valence-electron chi connectivity index (χ0n) is 13.8. The number of hydrogen-bond acceptors (Lipinski definition) is 3. The van der Waals surface area contributed by atoms with E-state index in [1.54, 1.807) is 0 Å². The summed E-state index contributed by atoms with van der Waals surface area (Å²) in [6.45, 7) is 1.37. The van der Waals surface area contributed by atoms with E-state index in [1.807, 2.05) is 72.8 Å². The molecule has 0 bridgehead atoms. The Morgan fingerprint density at radius 3 is 2.32 bits per heavy atom. The first kappa shape index (κ1) is 17.3. The van der Waals surface area contributed by atoms with Crippen LogP contribution in [-0.4, -0.2) is 13.2 Å². The topological polar surface area (TPSA) is 44.5 Å². The van der Waals surface area contributed by atoms with Gasteiger partial charge in [-0.15, -0.1) is 0 Å². The van der Waals surface area contributed by atoms with Crippen molar-refractivity contribution >= 4 is 11.6 Å². The quantitative estimate of drug-likeness (QED) is 0.655. The average Bonchev–Trinajstić information content (AvgIpc) is 2.66. The lowest BCUT2D eigenvalue weighted by Gasteiger charge is -2.14. The van der Waals surface area contributed by atoms with Crippen LogP contribution < -0.4 is 15.2 Å². The lowest BCUT2D eigenvalue weighted by molar-refractivity contribution is 0.266. The number of rotatable bonds is 7. The molecule has 25 heavy (non-hydrogen) atoms. The minimum Gasteiger partial charge on any atom is -0.488 e. The molecule has 128 valence electrons. The highest BCUT2D eigenvalue weighted by atomic mass is 35.5. The number of halogens is 1. The third-order valence-corrected chi connectivity index (χ3v) is 3.95. The summed E-state index contributed by atoms with van der Waals surface area (Å²) < 4.78 is 11.7. The van der Waals surface area contributed by atoms with E-state index in [9.17, 15) is 0 Å². The molecule has 0 amide bonds. The minimum atomic E-state index is 0.443. The number of ether oxygens (including phenoxy) is 2. The highest BCUT2D eigenvalue weighted by molar-refractivity contribution is 6.30. The largest absolute Gasteiger partial charge is 0.488 e. The molecule has 0 aliphatic carbocycles. The predicted molar refractivity (Wildman–Crippen MR) is 102 cm³/mol. The average molecular weight is 354 g/mol. The normalized spacial score (nSPS) is 10.5. The molecule has 0 fully saturated rings. The smallest absolute Gasteiger partial charge is 0.162 e. The Hall–Kier alpha value is -2.49. The molecule has 0 aliphatic heterocycles. The van der Waals surface area contributed by atoms with E-state index in [-0.39, 0.29) is 0 Å². The molecule has 3 nitrogen and oxygen atoms in total. The van der Waals surface area contributed by atoms with Crippen molar-refractivity contribution in [1.82, 2.24) is 0 Å². The SMILES string of the molecule is NCCOc1ccc(-c2cccc(Cl)c2)cc1OCc1ccccc1. The summed E-state index contributed by atoms with van der Waals surface area (Å²) in [5, 5.41) is 0.702. The van der Waals surface area contributed by atoms with E-state index in [1.165, 1.54) is 0 Å². The second-order valence-corrected chi connectivity index (χ2v) is 6.02. The van der Waals surface area contributed by atoms with E-state index >= 15 is 0 Å². The third kappa shape index (κ3) is 4.75. The first-order chi connectivity index (χ1) is 12.3. The lowest BCUT2D eigenvalue weighted by Crippen LogP contribution is -2.11. The summed E-state index contributed by atoms with van der Waals surface area (Å²) in [6.07, 6.45) is 0. The van der Waals surface area contributed by atoms with Crippen LogP contribution in [0.4, 0.5) is 0 Å². The van der Waals surface area contributed by atoms with Crippen LogP contribution in [0.15, 0.2) is 72.8 Å². The lowest BCUT2D eigenvalue weighted by atomic mass is 10.1. The first-order valence-electron chi connectivity index (χ1n) is 8.16. The van der Waals surface area contributed by atoms with E-state index in [2.05, 4.69) is 0 Å². The predicted octanol–water partition coefficient (Wildman–Crippen LogP) is 4.92. The van der Waals surface area contributed by atoms with Gasteiger partial charge in [-0.2, -0.15) is 0 Å². The Kier molecular flexibility index (Phi) is 5.94. The highest BCUT2D eigenvalue weighted by Crippen LogP contribution is 2.34. The molecule has 3 aromatic carbocycles. The molecule has 0 spiro atoms. The fraction of sp³-hybridized carbons (Fsp3) is 0.143. The second-order valence-electron chi connectivity index (χ2n) is 5.58. The van der Waals surface area contributed by atoms with Gasteiger partial charge in [0, 0.05) is 11.6 Å². The second kappa shape index (κ2) is 8.56. The van der Waals surface area contributed by atoms with Gasteiger partial charge in [-0.3, -0.25) is 0 Å². The van der Waals surface area contributed by atoms with Crippen LogP contribution in [0.5, 0.6) is 11.5 Å². The zero-order valence-corrected chi connectivity index (χ0v) is 14.6. The Bertz CT molecular complexity index is 821. The molecule has 4 heteroatoms. The molecule has 0 saturated heterocycles. The van der Waals surface area contributed by atoms with Crippen LogP contribution in [0.3, 0.4) is 0 Å². The molecule has 3 rings (SSSR count). The van der Waals surface area contributed by atoms with Gasteiger partial charge in [0.1, 0.15) is 13.2 Å². The van der Waals surface area contributed by atoms with Crippen LogP contribution in [0.25, 0.3) is 11.1 Å². The van der Waals surface area contributed by atoms with Crippen LogP contribution in [0, 0.1) is 0 Å². The molecule has 0 aromatic heterocycles. The molecule has 0 atom stereocenters. The summed E-state index contributed by atoms with van der Waals surface area (Å²) in [5.41, 5.74) is 8.70. The van der Waals surface area contributed by atoms with Crippen molar-refractivity contribution in [3.63, 3.8) is 0 Å². The van der Waals surface area contributed by atoms with Gasteiger partial charge in [0.05, 0.1) is 0 Å². The Labute approximate surface area is 153 Å². The Morgan fingerprint density at radius 2 is 1.56 bits per heavy atom. The molecular weight excluding hydrogens is 334 g/mol. The van der Waals surface area contributed by atoms with Gasteiger partial charge >= 0.3 is 0 Å². The van der Waals surface area contributed by atoms with Crippen molar-refractivity contribution in [2.75, 3.05) is 13.2 Å². The molecule has 0 aliphatic rings. The fourth-order valence-electron chi connectivity index (χ4n) is 2.49. The Morgan fingerprint density at radius 1 is 0.760 bits per heavy atom. The third-order valence-electron chi connectivity index (χ3n) is 3.71. The molecule has 0 saturated carbocycles. The maximum absolute atomic E-state index is 6.11. The molecule has 2 N–H and O–H groups in total. The van der Waals surface area contributed by atoms with Gasteiger partial charge in [-0.25, -0.2) is 0 Å². The Balaban J connectivity index is 1.87. The maximum Gasteiger partial charge on any atom is 0.162 e. The monoisotopic (exact) mass is 353 g/mol. The van der Waals surface area contributed by atoms with Crippen molar-refractivity contribution in [3.05, 3.63) is 83.4 Å². The van der Waals surface area contributed by atoms with Crippen molar-refractivity contribution in [3.8, 4) is 22.6 Å². The van der Waals surface area contributed by atoms with Gasteiger partial charge in [0.25, 0.3) is 0 Å². The maximum atomic E-state index is 6.11. The summed E-state index contributed by atoms with van der Waals surface area (Å²) in [5.74, 6) is 1.38. The van der Waals surface area contributed by atoms with E-state index in [0.29, 0.717) is 36.3 Å². The van der Waals surface area contributed by atoms with E-state index < -0.39 is 0 Å². The summed E-state index contributed by atoms with van der Waals surface area (Å²) in [6, 6.07) is 23.6. The van der Waals surface area contributed by atoms with Gasteiger partial charge in [-0.1, -0.05) is 60.1 Å². The van der Waals surface area contributed by atoms with Gasteiger partial charge in [-0.05, 0) is 41.0 Å². The van der Waals surface area contributed by atoms with Gasteiger partial charge in [0.2, 0.25) is 0 Å². The summed E-state index contributed by atoms with van der Waals surface area (Å²) >= 11 is 6.11. The van der Waals surface area contributed by atoms with E-state index in [4.69, 9.17) is 26.8 Å². The molecule has 3 aromatic rings. The molecular formula is C21H20ClNO2. The fourth-order valence-corrected chi connectivity index (χ4v) is 2.68. The standard InChI is InChI=1S/C21H20ClNO2/c22-19-8-4-7-17(13-19)18-9-10-20(24-12-11-23)21(14-18)25-15-16-5-2-1-3-6-16/h1-10,13-14H,11-12,15,23H2. The minimum absolute atomic E-state index is 0.443. The van der Waals surface area contributed by atoms with Crippen molar-refractivity contribution in [1.29, 1.82) is 0 Å². The number of nitrogens with two attached hydrogens (primary N) is 1. The van der Waals surface area contributed by atoms with Crippen molar-refractivity contribution < 1.29 is 9.47 Å². The summed E-state index contributed by atoms with van der Waals surface area (Å²) in [7, 11) is 0. The van der Waals surface area contributed by atoms with Crippen molar-refractivity contribution in [2.45, 2.75) is 6.61 Å². The zero-order chi connectivity index (χ0) is 17.5. The van der Waals surface area contributed by atoms with Crippen LogP contribution in [-0.2, 0) is 6.61 Å². The molecule has 0 unspecified atom stereocenters. The van der Waals surface area contributed by atoms with Crippen LogP contribution in [0.1, 0.15) is 5.56 Å². The van der Waals surface area contributed by atoms with Crippen LogP contribution in [0.2, 0.25) is 5.02 Å². The van der Waals surface area contributed by atoms with Crippen molar-refractivity contribution in [2.24, 2.45) is 5.73 Å². The molecule has 0 radical (unpaired) electrons.